The van der Waals surface area contributed by atoms with E-state index in [4.69, 9.17) is 0 Å². The predicted octanol–water partition coefficient (Wildman–Crippen LogP) is 16.4. The highest BCUT2D eigenvalue weighted by atomic mass is 15.3. The number of hydrogen-bond donors (Lipinski definition) is 0. The number of nitrogens with zero attached hydrogens (tertiary/aromatic N) is 3. The second kappa shape index (κ2) is 15.8. The Hall–Kier alpha value is -6.00. The molecule has 2 atom stereocenters. The lowest BCUT2D eigenvalue weighted by atomic mass is 9.33. The highest BCUT2D eigenvalue weighted by molar-refractivity contribution is 7.00. The fraction of sp³-hybridized carbons (Fsp3) is 0.364. The molecule has 0 amide bonds. The maximum absolute atomic E-state index is 2.80. The van der Waals surface area contributed by atoms with Crippen molar-refractivity contribution in [3.63, 3.8) is 0 Å². The smallest absolute Gasteiger partial charge is 0.252 e. The van der Waals surface area contributed by atoms with Crippen molar-refractivity contribution in [2.75, 3.05) is 14.7 Å². The van der Waals surface area contributed by atoms with Crippen molar-refractivity contribution < 1.29 is 0 Å². The normalized spacial score (nSPS) is 19.6. The van der Waals surface area contributed by atoms with Crippen LogP contribution in [0.4, 0.5) is 45.5 Å². The van der Waals surface area contributed by atoms with E-state index in [2.05, 4.69) is 257 Å². The van der Waals surface area contributed by atoms with Crippen LogP contribution < -0.4 is 31.1 Å². The van der Waals surface area contributed by atoms with E-state index in [0.717, 1.165) is 6.42 Å². The summed E-state index contributed by atoms with van der Waals surface area (Å²) in [6.45, 7) is 33.3. The van der Waals surface area contributed by atoms with Crippen LogP contribution in [0.2, 0.25) is 0 Å². The molecule has 1 fully saturated rings. The van der Waals surface area contributed by atoms with E-state index in [1.807, 2.05) is 0 Å². The van der Waals surface area contributed by atoms with Crippen molar-refractivity contribution in [2.24, 2.45) is 0 Å². The molecule has 7 aromatic rings. The molecule has 2 unspecified atom stereocenters. The van der Waals surface area contributed by atoms with Crippen molar-refractivity contribution in [2.45, 2.75) is 155 Å². The maximum Gasteiger partial charge on any atom is 0.252 e. The molecule has 356 valence electrons. The van der Waals surface area contributed by atoms with Gasteiger partial charge in [-0.25, -0.2) is 0 Å². The number of fused-ring (bicyclic) bond motifs is 7. The van der Waals surface area contributed by atoms with Crippen molar-refractivity contribution in [1.82, 2.24) is 0 Å². The van der Waals surface area contributed by atoms with Crippen LogP contribution in [0, 0.1) is 0 Å². The first kappa shape index (κ1) is 46.4. The minimum Gasteiger partial charge on any atom is -0.334 e. The maximum atomic E-state index is 2.80. The molecule has 70 heavy (non-hydrogen) atoms. The van der Waals surface area contributed by atoms with Crippen LogP contribution in [-0.4, -0.2) is 12.3 Å². The Morgan fingerprint density at radius 1 is 0.414 bits per heavy atom. The van der Waals surface area contributed by atoms with Crippen LogP contribution in [0.1, 0.15) is 150 Å². The molecule has 0 N–H and O–H groups in total. The Labute approximate surface area is 421 Å². The van der Waals surface area contributed by atoms with Crippen molar-refractivity contribution in [3.05, 3.63) is 173 Å². The Morgan fingerprint density at radius 2 is 0.943 bits per heavy atom. The van der Waals surface area contributed by atoms with Gasteiger partial charge in [0, 0.05) is 50.8 Å². The third-order valence-corrected chi connectivity index (χ3v) is 17.2. The fourth-order valence-electron chi connectivity index (χ4n) is 12.8. The minimum atomic E-state index is -0.126. The molecule has 1 saturated carbocycles. The van der Waals surface area contributed by atoms with Crippen LogP contribution in [0.15, 0.2) is 146 Å². The monoisotopic (exact) mass is 920 g/mol. The number of rotatable bonds is 4. The van der Waals surface area contributed by atoms with Crippen LogP contribution in [0.25, 0.3) is 11.1 Å². The summed E-state index contributed by atoms with van der Waals surface area (Å²) in [5, 5.41) is 0. The molecular weight excluding hydrogens is 846 g/mol. The zero-order chi connectivity index (χ0) is 49.5. The minimum absolute atomic E-state index is 0.000747. The van der Waals surface area contributed by atoms with Gasteiger partial charge in [0.2, 0.25) is 0 Å². The van der Waals surface area contributed by atoms with Crippen LogP contribution in [0.5, 0.6) is 0 Å². The van der Waals surface area contributed by atoms with Crippen LogP contribution in [-0.2, 0) is 27.1 Å². The van der Waals surface area contributed by atoms with Crippen molar-refractivity contribution in [1.29, 1.82) is 0 Å². The summed E-state index contributed by atoms with van der Waals surface area (Å²) in [5.41, 5.74) is 23.1. The molecule has 3 nitrogen and oxygen atoms in total. The Kier molecular flexibility index (Phi) is 10.4. The number of anilines is 8. The molecule has 1 aliphatic carbocycles. The molecule has 0 radical (unpaired) electrons. The van der Waals surface area contributed by atoms with E-state index < -0.39 is 0 Å². The van der Waals surface area contributed by atoms with Gasteiger partial charge in [-0.1, -0.05) is 194 Å². The summed E-state index contributed by atoms with van der Waals surface area (Å²) in [4.78, 5) is 8.16. The summed E-state index contributed by atoms with van der Waals surface area (Å²) in [5.74, 6) is 0. The van der Waals surface area contributed by atoms with Gasteiger partial charge in [0.1, 0.15) is 0 Å². The summed E-state index contributed by atoms with van der Waals surface area (Å²) < 4.78 is 0. The molecule has 0 bridgehead atoms. The van der Waals surface area contributed by atoms with Gasteiger partial charge in [-0.15, -0.1) is 0 Å². The van der Waals surface area contributed by atoms with Gasteiger partial charge in [0.15, 0.2) is 0 Å². The Morgan fingerprint density at radius 3 is 1.57 bits per heavy atom. The number of para-hydroxylation sites is 1. The predicted molar refractivity (Wildman–Crippen MR) is 304 cm³/mol. The molecule has 3 heterocycles. The molecule has 4 heteroatoms. The van der Waals surface area contributed by atoms with Gasteiger partial charge in [-0.05, 0) is 146 Å². The molecule has 0 spiro atoms. The lowest BCUT2D eigenvalue weighted by Crippen LogP contribution is -2.61. The van der Waals surface area contributed by atoms with Gasteiger partial charge >= 0.3 is 0 Å². The van der Waals surface area contributed by atoms with E-state index in [1.165, 1.54) is 120 Å². The zero-order valence-electron chi connectivity index (χ0n) is 44.6. The lowest BCUT2D eigenvalue weighted by Gasteiger charge is -2.51. The third kappa shape index (κ3) is 7.12. The topological polar surface area (TPSA) is 9.72 Å². The SMILES string of the molecule is CC(C)(C)c1cccc(N2c3cc(C(C)(C)C)ccc3B3c4ccc(C(C)(C)C)cc4N(c4ccc(C(C)(C)C)cc4-c4ccccc4)c4cc(N5c6ccccc6C6(C)CCCCC56C)cc2c43)c1. The summed E-state index contributed by atoms with van der Waals surface area (Å²) in [7, 11) is 0. The van der Waals surface area contributed by atoms with Gasteiger partial charge in [-0.3, -0.25) is 0 Å². The number of hydrogen-bond acceptors (Lipinski definition) is 3. The van der Waals surface area contributed by atoms with E-state index in [0.29, 0.717) is 0 Å². The first-order valence-electron chi connectivity index (χ1n) is 26.3. The van der Waals surface area contributed by atoms with E-state index in [-0.39, 0.29) is 39.3 Å². The van der Waals surface area contributed by atoms with Crippen LogP contribution in [0.3, 0.4) is 0 Å². The third-order valence-electron chi connectivity index (χ3n) is 17.2. The average Bonchev–Trinajstić information content (AvgIpc) is 3.53. The first-order chi connectivity index (χ1) is 33.0. The second-order valence-corrected chi connectivity index (χ2v) is 25.9. The van der Waals surface area contributed by atoms with Crippen LogP contribution >= 0.6 is 0 Å². The molecule has 0 saturated heterocycles. The second-order valence-electron chi connectivity index (χ2n) is 25.9. The van der Waals surface area contributed by atoms with Crippen molar-refractivity contribution in [3.8, 4) is 11.1 Å². The fourth-order valence-corrected chi connectivity index (χ4v) is 12.8. The Balaban J connectivity index is 1.31. The highest BCUT2D eigenvalue weighted by Crippen LogP contribution is 2.62. The largest absolute Gasteiger partial charge is 0.334 e. The van der Waals surface area contributed by atoms with Gasteiger partial charge in [0.05, 0.1) is 11.2 Å². The summed E-state index contributed by atoms with van der Waals surface area (Å²) >= 11 is 0. The van der Waals surface area contributed by atoms with E-state index in [9.17, 15) is 0 Å². The molecule has 7 aromatic carbocycles. The summed E-state index contributed by atoms with van der Waals surface area (Å²) in [6, 6.07) is 57.4. The lowest BCUT2D eigenvalue weighted by molar-refractivity contribution is 0.195. The molecule has 4 aliphatic rings. The molecule has 11 rings (SSSR count). The highest BCUT2D eigenvalue weighted by Gasteiger charge is 2.58. The summed E-state index contributed by atoms with van der Waals surface area (Å²) in [6.07, 6.45) is 4.79. The quantitative estimate of drug-likeness (QED) is 0.163. The molecular formula is C66H74BN3. The molecule has 0 aromatic heterocycles. The average molecular weight is 920 g/mol. The first-order valence-corrected chi connectivity index (χ1v) is 26.3. The van der Waals surface area contributed by atoms with Crippen molar-refractivity contribution >= 4 is 68.6 Å². The van der Waals surface area contributed by atoms with Gasteiger partial charge in [-0.2, -0.15) is 0 Å². The molecule has 3 aliphatic heterocycles. The Bertz CT molecular complexity index is 3210. The van der Waals surface area contributed by atoms with E-state index >= 15 is 0 Å². The number of benzene rings is 7. The zero-order valence-corrected chi connectivity index (χ0v) is 44.6. The standard InChI is InChI=1S/C66H74BN3/c1-61(2,3)44-25-22-26-48(37-44)68-56-39-46(63(7,8)9)29-32-52(56)67-53-33-30-47(64(10,11)12)40-57(53)69(54-34-31-45(62(4,5)6)38-50(54)43-23-16-15-17-24-43)59-42-49(41-58(68)60(59)67)70-55-28-19-18-27-51(55)65(13)35-20-21-36-66(65,70)14/h15-19,22-34,37-42H,20-21,35-36H2,1-14H3. The van der Waals surface area contributed by atoms with Gasteiger partial charge in [0.25, 0.3) is 6.71 Å². The van der Waals surface area contributed by atoms with Gasteiger partial charge < -0.3 is 14.7 Å². The van der Waals surface area contributed by atoms with E-state index in [1.54, 1.807) is 0 Å².